The molecule has 2 rings (SSSR count). The van der Waals surface area contributed by atoms with Crippen molar-refractivity contribution in [1.29, 1.82) is 0 Å². The first-order valence-electron chi connectivity index (χ1n) is 6.06. The molecule has 1 aromatic carbocycles. The van der Waals surface area contributed by atoms with Gasteiger partial charge in [0.25, 0.3) is 5.69 Å². The van der Waals surface area contributed by atoms with Crippen molar-refractivity contribution in [3.05, 3.63) is 51.0 Å². The Hall–Kier alpha value is -1.89. The fourth-order valence-electron chi connectivity index (χ4n) is 1.78. The van der Waals surface area contributed by atoms with Crippen molar-refractivity contribution in [2.24, 2.45) is 0 Å². The van der Waals surface area contributed by atoms with E-state index in [1.807, 2.05) is 4.57 Å². The molecule has 0 unspecified atom stereocenters. The molecule has 0 aliphatic carbocycles. The lowest BCUT2D eigenvalue weighted by Gasteiger charge is -2.13. The normalized spacial score (nSPS) is 10.8. The third-order valence-electron chi connectivity index (χ3n) is 2.80. The van der Waals surface area contributed by atoms with Crippen molar-refractivity contribution in [2.75, 3.05) is 0 Å². The molecule has 7 heteroatoms. The highest BCUT2D eigenvalue weighted by atomic mass is 79.9. The number of imidazole rings is 1. The monoisotopic (exact) mass is 339 g/mol. The Bertz CT molecular complexity index is 625. The third kappa shape index (κ3) is 3.16. The minimum Gasteiger partial charge on any atom is -0.486 e. The van der Waals surface area contributed by atoms with Crippen LogP contribution in [0.4, 0.5) is 5.69 Å². The molecule has 0 fully saturated rings. The second-order valence-corrected chi connectivity index (χ2v) is 5.40. The summed E-state index contributed by atoms with van der Waals surface area (Å²) < 4.78 is 8.32. The number of hydrogen-bond acceptors (Lipinski definition) is 4. The maximum Gasteiger partial charge on any atom is 0.273 e. The first-order valence-corrected chi connectivity index (χ1v) is 6.85. The number of nitrogens with zero attached hydrogens (tertiary/aromatic N) is 3. The molecule has 0 aliphatic rings. The summed E-state index contributed by atoms with van der Waals surface area (Å²) in [5.74, 6) is 0.440. The highest BCUT2D eigenvalue weighted by Crippen LogP contribution is 2.30. The maximum absolute atomic E-state index is 10.8. The SMILES string of the molecule is CC(C)n1cncc1COc1cc([N+](=O)[O-])ccc1Br. The van der Waals surface area contributed by atoms with Gasteiger partial charge in [-0.3, -0.25) is 10.1 Å². The van der Waals surface area contributed by atoms with Gasteiger partial charge in [-0.25, -0.2) is 4.98 Å². The first-order chi connectivity index (χ1) is 9.49. The summed E-state index contributed by atoms with van der Waals surface area (Å²) >= 11 is 3.32. The van der Waals surface area contributed by atoms with E-state index in [9.17, 15) is 10.1 Å². The molecular weight excluding hydrogens is 326 g/mol. The minimum absolute atomic E-state index is 0.000525. The lowest BCUT2D eigenvalue weighted by Crippen LogP contribution is -2.07. The molecule has 0 amide bonds. The van der Waals surface area contributed by atoms with Gasteiger partial charge in [-0.2, -0.15) is 0 Å². The van der Waals surface area contributed by atoms with E-state index in [0.717, 1.165) is 5.69 Å². The number of halogens is 1. The van der Waals surface area contributed by atoms with Gasteiger partial charge < -0.3 is 9.30 Å². The molecule has 0 spiro atoms. The zero-order valence-corrected chi connectivity index (χ0v) is 12.7. The Morgan fingerprint density at radius 1 is 1.50 bits per heavy atom. The van der Waals surface area contributed by atoms with Gasteiger partial charge in [0.1, 0.15) is 12.4 Å². The van der Waals surface area contributed by atoms with Gasteiger partial charge in [-0.05, 0) is 35.8 Å². The molecule has 1 aromatic heterocycles. The summed E-state index contributed by atoms with van der Waals surface area (Å²) in [6.07, 6.45) is 3.47. The summed E-state index contributed by atoms with van der Waals surface area (Å²) in [7, 11) is 0. The second-order valence-electron chi connectivity index (χ2n) is 4.55. The first kappa shape index (κ1) is 14.5. The molecule has 106 valence electrons. The quantitative estimate of drug-likeness (QED) is 0.614. The summed E-state index contributed by atoms with van der Waals surface area (Å²) in [5.41, 5.74) is 0.916. The lowest BCUT2D eigenvalue weighted by atomic mass is 10.3. The molecule has 20 heavy (non-hydrogen) atoms. The number of nitro benzene ring substituents is 1. The largest absolute Gasteiger partial charge is 0.486 e. The number of rotatable bonds is 5. The van der Waals surface area contributed by atoms with Gasteiger partial charge >= 0.3 is 0 Å². The van der Waals surface area contributed by atoms with Crippen molar-refractivity contribution in [2.45, 2.75) is 26.5 Å². The van der Waals surface area contributed by atoms with E-state index < -0.39 is 4.92 Å². The fraction of sp³-hybridized carbons (Fsp3) is 0.308. The average Bonchev–Trinajstić information content (AvgIpc) is 2.86. The number of ether oxygens (including phenoxy) is 1. The van der Waals surface area contributed by atoms with Crippen molar-refractivity contribution < 1.29 is 9.66 Å². The number of aromatic nitrogens is 2. The van der Waals surface area contributed by atoms with Crippen molar-refractivity contribution in [3.8, 4) is 5.75 Å². The molecule has 0 bridgehead atoms. The summed E-state index contributed by atoms with van der Waals surface area (Å²) in [4.78, 5) is 14.4. The van der Waals surface area contributed by atoms with Crippen LogP contribution in [0.3, 0.4) is 0 Å². The Labute approximate surface area is 124 Å². The molecular formula is C13H14BrN3O3. The average molecular weight is 340 g/mol. The van der Waals surface area contributed by atoms with E-state index in [-0.39, 0.29) is 11.7 Å². The van der Waals surface area contributed by atoms with E-state index in [4.69, 9.17) is 4.74 Å². The van der Waals surface area contributed by atoms with E-state index in [2.05, 4.69) is 34.8 Å². The molecule has 0 aliphatic heterocycles. The fourth-order valence-corrected chi connectivity index (χ4v) is 2.14. The van der Waals surface area contributed by atoms with Crippen molar-refractivity contribution in [3.63, 3.8) is 0 Å². The van der Waals surface area contributed by atoms with Gasteiger partial charge in [0.15, 0.2) is 0 Å². The van der Waals surface area contributed by atoms with E-state index >= 15 is 0 Å². The van der Waals surface area contributed by atoms with Gasteiger partial charge in [-0.1, -0.05) is 0 Å². The molecule has 0 saturated heterocycles. The number of hydrogen-bond donors (Lipinski definition) is 0. The van der Waals surface area contributed by atoms with E-state index in [0.29, 0.717) is 16.8 Å². The molecule has 0 radical (unpaired) electrons. The molecule has 0 N–H and O–H groups in total. The predicted molar refractivity (Wildman–Crippen MR) is 77.7 cm³/mol. The van der Waals surface area contributed by atoms with Gasteiger partial charge in [0.2, 0.25) is 0 Å². The van der Waals surface area contributed by atoms with Crippen LogP contribution in [0, 0.1) is 10.1 Å². The van der Waals surface area contributed by atoms with Crippen LogP contribution >= 0.6 is 15.9 Å². The van der Waals surface area contributed by atoms with Crippen molar-refractivity contribution in [1.82, 2.24) is 9.55 Å². The Kier molecular flexibility index (Phi) is 4.39. The molecule has 0 saturated carbocycles. The van der Waals surface area contributed by atoms with Crippen LogP contribution in [-0.4, -0.2) is 14.5 Å². The smallest absolute Gasteiger partial charge is 0.273 e. The highest BCUT2D eigenvalue weighted by Gasteiger charge is 2.12. The zero-order chi connectivity index (χ0) is 14.7. The van der Waals surface area contributed by atoms with Crippen LogP contribution in [0.1, 0.15) is 25.6 Å². The maximum atomic E-state index is 10.8. The third-order valence-corrected chi connectivity index (χ3v) is 3.46. The summed E-state index contributed by atoms with van der Waals surface area (Å²) in [6, 6.07) is 4.72. The molecule has 2 aromatic rings. The van der Waals surface area contributed by atoms with Crippen LogP contribution in [0.25, 0.3) is 0 Å². The molecule has 1 heterocycles. The van der Waals surface area contributed by atoms with Crippen LogP contribution in [0.2, 0.25) is 0 Å². The standard InChI is InChI=1S/C13H14BrN3O3/c1-9(2)16-8-15-6-11(16)7-20-13-5-10(17(18)19)3-4-12(13)14/h3-6,8-9H,7H2,1-2H3. The van der Waals surface area contributed by atoms with E-state index in [1.165, 1.54) is 12.1 Å². The Balaban J connectivity index is 2.16. The Morgan fingerprint density at radius 3 is 2.90 bits per heavy atom. The molecule has 0 atom stereocenters. The van der Waals surface area contributed by atoms with Crippen molar-refractivity contribution >= 4 is 21.6 Å². The predicted octanol–water partition coefficient (Wildman–Crippen LogP) is 3.71. The summed E-state index contributed by atoms with van der Waals surface area (Å²) in [5, 5.41) is 10.8. The topological polar surface area (TPSA) is 70.2 Å². The van der Waals surface area contributed by atoms with Crippen LogP contribution < -0.4 is 4.74 Å². The minimum atomic E-state index is -0.447. The highest BCUT2D eigenvalue weighted by molar-refractivity contribution is 9.10. The second kappa shape index (κ2) is 6.04. The van der Waals surface area contributed by atoms with Gasteiger partial charge in [0, 0.05) is 12.1 Å². The van der Waals surface area contributed by atoms with Crippen LogP contribution in [-0.2, 0) is 6.61 Å². The number of benzene rings is 1. The lowest BCUT2D eigenvalue weighted by molar-refractivity contribution is -0.385. The van der Waals surface area contributed by atoms with E-state index in [1.54, 1.807) is 18.6 Å². The van der Waals surface area contributed by atoms with Crippen LogP contribution in [0.5, 0.6) is 5.75 Å². The van der Waals surface area contributed by atoms with Gasteiger partial charge in [-0.15, -0.1) is 0 Å². The summed E-state index contributed by atoms with van der Waals surface area (Å²) in [6.45, 7) is 4.40. The molecule has 6 nitrogen and oxygen atoms in total. The Morgan fingerprint density at radius 2 is 2.25 bits per heavy atom. The van der Waals surface area contributed by atoms with Crippen LogP contribution in [0.15, 0.2) is 35.2 Å². The number of non-ortho nitro benzene ring substituents is 1. The van der Waals surface area contributed by atoms with Gasteiger partial charge in [0.05, 0.1) is 33.7 Å². The zero-order valence-electron chi connectivity index (χ0n) is 11.1. The number of nitro groups is 1.